The van der Waals surface area contributed by atoms with E-state index in [-0.39, 0.29) is 0 Å². The Labute approximate surface area is 116 Å². The molecule has 0 bridgehead atoms. The van der Waals surface area contributed by atoms with E-state index in [1.54, 1.807) is 0 Å². The molecule has 0 saturated carbocycles. The molecule has 0 radical (unpaired) electrons. The molecule has 0 aromatic heterocycles. The molecule has 0 fully saturated rings. The number of hydrogen-bond donors (Lipinski definition) is 0. The number of rotatable bonds is 6. The molecule has 19 heavy (non-hydrogen) atoms. The molecule has 1 atom stereocenters. The van der Waals surface area contributed by atoms with Crippen LogP contribution in [0.3, 0.4) is 0 Å². The summed E-state index contributed by atoms with van der Waals surface area (Å²) in [6.45, 7) is 4.94. The van der Waals surface area contributed by atoms with Crippen molar-refractivity contribution >= 4 is 9.28 Å². The van der Waals surface area contributed by atoms with Gasteiger partial charge in [-0.3, -0.25) is 0 Å². The number of benzene rings is 2. The normalized spacial score (nSPS) is 12.4. The van der Waals surface area contributed by atoms with Crippen LogP contribution in [0.25, 0.3) is 0 Å². The van der Waals surface area contributed by atoms with Crippen LogP contribution in [0, 0.1) is 0 Å². The maximum absolute atomic E-state index is 6.01. The van der Waals surface area contributed by atoms with Crippen molar-refractivity contribution in [2.24, 2.45) is 0 Å². The van der Waals surface area contributed by atoms with Crippen LogP contribution in [0.5, 0.6) is 5.75 Å². The van der Waals surface area contributed by atoms with Gasteiger partial charge in [0.05, 0.1) is 6.61 Å². The fraction of sp³-hybridized carbons (Fsp3) is 0.250. The Kier molecular flexibility index (Phi) is 5.18. The minimum Gasteiger partial charge on any atom is -0.522 e. The van der Waals surface area contributed by atoms with Gasteiger partial charge in [0.1, 0.15) is 5.75 Å². The second-order valence-electron chi connectivity index (χ2n) is 4.84. The second-order valence-corrected chi connectivity index (χ2v) is 7.48. The molecule has 2 aromatic rings. The van der Waals surface area contributed by atoms with E-state index in [0.29, 0.717) is 12.1 Å². The molecule has 0 aliphatic heterocycles. The van der Waals surface area contributed by atoms with E-state index in [1.165, 1.54) is 5.56 Å². The average Bonchev–Trinajstić information content (AvgIpc) is 2.45. The van der Waals surface area contributed by atoms with Gasteiger partial charge in [0.2, 0.25) is 0 Å². The minimum absolute atomic E-state index is 0.434. The third-order valence-corrected chi connectivity index (χ3v) is 4.89. The number of hydrogen-bond acceptors (Lipinski definition) is 2. The molecule has 0 N–H and O–H groups in total. The molecule has 0 aliphatic carbocycles. The Morgan fingerprint density at radius 1 is 0.895 bits per heavy atom. The Balaban J connectivity index is 1.93. The highest BCUT2D eigenvalue weighted by Crippen LogP contribution is 2.17. The third-order valence-electron chi connectivity index (χ3n) is 2.80. The average molecular weight is 272 g/mol. The molecule has 0 spiro atoms. The van der Waals surface area contributed by atoms with E-state index in [9.17, 15) is 0 Å². The highest BCUT2D eigenvalue weighted by Gasteiger charge is 2.20. The van der Waals surface area contributed by atoms with Gasteiger partial charge in [-0.25, -0.2) is 0 Å². The van der Waals surface area contributed by atoms with Gasteiger partial charge in [0.25, 0.3) is 0 Å². The lowest BCUT2D eigenvalue weighted by atomic mass is 10.2. The van der Waals surface area contributed by atoms with E-state index in [4.69, 9.17) is 8.85 Å². The molecule has 2 nitrogen and oxygen atoms in total. The SMILES string of the molecule is CC(C)[SiH](OCc1ccccc1)Oc1ccccc1. The zero-order valence-electron chi connectivity index (χ0n) is 11.5. The molecular formula is C16H20O2Si. The Hall–Kier alpha value is -1.58. The Bertz CT molecular complexity index is 471. The zero-order valence-corrected chi connectivity index (χ0v) is 12.6. The lowest BCUT2D eigenvalue weighted by Crippen LogP contribution is -2.29. The zero-order chi connectivity index (χ0) is 13.5. The summed E-state index contributed by atoms with van der Waals surface area (Å²) in [7, 11) is -1.70. The van der Waals surface area contributed by atoms with Gasteiger partial charge in [-0.1, -0.05) is 62.4 Å². The molecule has 1 unspecified atom stereocenters. The van der Waals surface area contributed by atoms with Crippen molar-refractivity contribution in [3.05, 3.63) is 66.2 Å². The van der Waals surface area contributed by atoms with Gasteiger partial charge in [0.15, 0.2) is 0 Å². The molecule has 0 heterocycles. The lowest BCUT2D eigenvalue weighted by Gasteiger charge is -2.21. The van der Waals surface area contributed by atoms with E-state index in [1.807, 2.05) is 48.5 Å². The number of para-hydroxylation sites is 1. The summed E-state index contributed by atoms with van der Waals surface area (Å²) in [5.74, 6) is 0.904. The maximum Gasteiger partial charge on any atom is 0.385 e. The molecule has 0 aliphatic rings. The second kappa shape index (κ2) is 7.12. The fourth-order valence-electron chi connectivity index (χ4n) is 1.75. The third kappa shape index (κ3) is 4.54. The summed E-state index contributed by atoms with van der Waals surface area (Å²) in [6, 6.07) is 20.2. The summed E-state index contributed by atoms with van der Waals surface area (Å²) in [4.78, 5) is 0. The summed E-state index contributed by atoms with van der Waals surface area (Å²) >= 11 is 0. The quantitative estimate of drug-likeness (QED) is 0.742. The predicted molar refractivity (Wildman–Crippen MR) is 80.5 cm³/mol. The first-order chi connectivity index (χ1) is 9.25. The van der Waals surface area contributed by atoms with Crippen LogP contribution >= 0.6 is 0 Å². The predicted octanol–water partition coefficient (Wildman–Crippen LogP) is 3.91. The van der Waals surface area contributed by atoms with Crippen LogP contribution in [0.15, 0.2) is 60.7 Å². The van der Waals surface area contributed by atoms with Gasteiger partial charge in [0, 0.05) is 5.54 Å². The van der Waals surface area contributed by atoms with Crippen molar-refractivity contribution in [1.29, 1.82) is 0 Å². The van der Waals surface area contributed by atoms with Crippen LogP contribution in [0.2, 0.25) is 5.54 Å². The standard InChI is InChI=1S/C16H20O2Si/c1-14(2)19(18-16-11-7-4-8-12-16)17-13-15-9-5-3-6-10-15/h3-12,14,19H,13H2,1-2H3. The van der Waals surface area contributed by atoms with Crippen LogP contribution in [0.4, 0.5) is 0 Å². The lowest BCUT2D eigenvalue weighted by molar-refractivity contribution is 0.247. The van der Waals surface area contributed by atoms with E-state index < -0.39 is 9.28 Å². The van der Waals surface area contributed by atoms with E-state index in [2.05, 4.69) is 26.0 Å². The molecular weight excluding hydrogens is 252 g/mol. The monoisotopic (exact) mass is 272 g/mol. The first-order valence-electron chi connectivity index (χ1n) is 6.63. The summed E-state index contributed by atoms with van der Waals surface area (Å²) in [6.07, 6.45) is 0. The van der Waals surface area contributed by atoms with Gasteiger partial charge in [-0.2, -0.15) is 0 Å². The highest BCUT2D eigenvalue weighted by atomic mass is 28.3. The van der Waals surface area contributed by atoms with E-state index >= 15 is 0 Å². The summed E-state index contributed by atoms with van der Waals surface area (Å²) in [5.41, 5.74) is 1.63. The van der Waals surface area contributed by atoms with Crippen molar-refractivity contribution in [3.63, 3.8) is 0 Å². The Morgan fingerprint density at radius 2 is 1.47 bits per heavy atom. The molecule has 100 valence electrons. The molecule has 0 amide bonds. The largest absolute Gasteiger partial charge is 0.522 e. The van der Waals surface area contributed by atoms with Crippen LogP contribution in [0.1, 0.15) is 19.4 Å². The topological polar surface area (TPSA) is 18.5 Å². The van der Waals surface area contributed by atoms with Crippen LogP contribution in [-0.4, -0.2) is 9.28 Å². The van der Waals surface area contributed by atoms with Crippen molar-refractivity contribution in [2.75, 3.05) is 0 Å². The van der Waals surface area contributed by atoms with Gasteiger partial charge in [-0.05, 0) is 17.7 Å². The van der Waals surface area contributed by atoms with Gasteiger partial charge in [-0.15, -0.1) is 0 Å². The van der Waals surface area contributed by atoms with Gasteiger partial charge >= 0.3 is 9.28 Å². The summed E-state index contributed by atoms with van der Waals surface area (Å²) in [5, 5.41) is 0. The van der Waals surface area contributed by atoms with Crippen LogP contribution < -0.4 is 4.43 Å². The molecule has 2 aromatic carbocycles. The minimum atomic E-state index is -1.70. The van der Waals surface area contributed by atoms with Crippen molar-refractivity contribution in [1.82, 2.24) is 0 Å². The fourth-order valence-corrected chi connectivity index (χ4v) is 3.26. The van der Waals surface area contributed by atoms with Crippen molar-refractivity contribution in [3.8, 4) is 5.75 Å². The molecule has 0 saturated heterocycles. The van der Waals surface area contributed by atoms with Crippen molar-refractivity contribution < 1.29 is 8.85 Å². The van der Waals surface area contributed by atoms with E-state index in [0.717, 1.165) is 5.75 Å². The summed E-state index contributed by atoms with van der Waals surface area (Å²) < 4.78 is 12.0. The molecule has 2 rings (SSSR count). The first-order valence-corrected chi connectivity index (χ1v) is 8.24. The van der Waals surface area contributed by atoms with Gasteiger partial charge < -0.3 is 8.85 Å². The van der Waals surface area contributed by atoms with Crippen molar-refractivity contribution in [2.45, 2.75) is 26.0 Å². The smallest absolute Gasteiger partial charge is 0.385 e. The Morgan fingerprint density at radius 3 is 2.05 bits per heavy atom. The molecule has 3 heteroatoms. The highest BCUT2D eigenvalue weighted by molar-refractivity contribution is 6.47. The first kappa shape index (κ1) is 13.8. The van der Waals surface area contributed by atoms with Crippen LogP contribution in [-0.2, 0) is 11.0 Å². The maximum atomic E-state index is 6.01.